The maximum Gasteiger partial charge on any atom is 0.259 e. The molecule has 0 aliphatic heterocycles. The summed E-state index contributed by atoms with van der Waals surface area (Å²) in [6.45, 7) is 4.88. The lowest BCUT2D eigenvalue weighted by Crippen LogP contribution is -2.15. The summed E-state index contributed by atoms with van der Waals surface area (Å²) in [6.07, 6.45) is 1.74. The van der Waals surface area contributed by atoms with E-state index in [0.717, 1.165) is 17.0 Å². The Morgan fingerprint density at radius 1 is 0.727 bits per heavy atom. The van der Waals surface area contributed by atoms with Crippen LogP contribution in [-0.4, -0.2) is 88.8 Å². The van der Waals surface area contributed by atoms with Crippen LogP contribution in [0, 0.1) is 0 Å². The number of carbonyl (C=O) groups excluding carboxylic acids is 1. The number of carbonyl (C=O) groups is 1. The molecule has 1 amide bonds. The molecule has 11 heteroatoms. The summed E-state index contributed by atoms with van der Waals surface area (Å²) in [7, 11) is 1.61. The van der Waals surface area contributed by atoms with Crippen molar-refractivity contribution in [2.45, 2.75) is 0 Å². The number of nitrogens with zero attached hydrogens (tertiary/aromatic N) is 2. The van der Waals surface area contributed by atoms with Crippen LogP contribution in [0.2, 0.25) is 0 Å². The molecule has 3 N–H and O–H groups in total. The van der Waals surface area contributed by atoms with Crippen molar-refractivity contribution in [2.24, 2.45) is 5.73 Å². The Bertz CT molecular complexity index is 1380. The highest BCUT2D eigenvalue weighted by atomic mass is 16.6. The minimum atomic E-state index is -0.273. The van der Waals surface area contributed by atoms with Crippen LogP contribution in [0.1, 0.15) is 10.4 Å². The number of ether oxygens (including phenoxy) is 6. The first-order valence-electron chi connectivity index (χ1n) is 14.5. The monoisotopic (exact) mass is 604 g/mol. The molecule has 0 radical (unpaired) electrons. The molecule has 0 unspecified atom stereocenters. The van der Waals surface area contributed by atoms with Crippen molar-refractivity contribution in [3.63, 3.8) is 0 Å². The molecule has 44 heavy (non-hydrogen) atoms. The summed E-state index contributed by atoms with van der Waals surface area (Å²) in [6, 6.07) is 24.3. The van der Waals surface area contributed by atoms with E-state index in [1.807, 2.05) is 54.6 Å². The fourth-order valence-electron chi connectivity index (χ4n) is 4.11. The smallest absolute Gasteiger partial charge is 0.259 e. The summed E-state index contributed by atoms with van der Waals surface area (Å²) in [5.74, 6) is 1.13. The highest BCUT2D eigenvalue weighted by Gasteiger charge is 2.19. The van der Waals surface area contributed by atoms with E-state index in [1.165, 1.54) is 0 Å². The first-order valence-corrected chi connectivity index (χ1v) is 14.5. The van der Waals surface area contributed by atoms with Gasteiger partial charge in [-0.15, -0.1) is 0 Å². The SMILES string of the molecule is COc1ccc(-c2nn(-c3ccccc3)cc2C(=O)Nc2ccc(OCCOCCOCCOCCOCCN)cc2)cc1. The lowest BCUT2D eigenvalue weighted by Gasteiger charge is -2.10. The van der Waals surface area contributed by atoms with Crippen LogP contribution >= 0.6 is 0 Å². The Morgan fingerprint density at radius 3 is 1.89 bits per heavy atom. The van der Waals surface area contributed by atoms with Crippen molar-refractivity contribution in [3.05, 3.63) is 90.6 Å². The number of hydrogen-bond acceptors (Lipinski definition) is 9. The molecule has 0 aliphatic carbocycles. The minimum Gasteiger partial charge on any atom is -0.497 e. The number of methoxy groups -OCH3 is 1. The lowest BCUT2D eigenvalue weighted by molar-refractivity contribution is -0.00386. The third-order valence-electron chi connectivity index (χ3n) is 6.33. The number of rotatable bonds is 20. The third kappa shape index (κ3) is 10.5. The van der Waals surface area contributed by atoms with E-state index in [0.29, 0.717) is 88.7 Å². The zero-order valence-electron chi connectivity index (χ0n) is 25.0. The van der Waals surface area contributed by atoms with Gasteiger partial charge in [-0.25, -0.2) is 4.68 Å². The highest BCUT2D eigenvalue weighted by molar-refractivity contribution is 6.08. The first-order chi connectivity index (χ1) is 21.7. The molecule has 0 aliphatic rings. The number of aromatic nitrogens is 2. The van der Waals surface area contributed by atoms with Crippen LogP contribution in [0.5, 0.6) is 11.5 Å². The largest absolute Gasteiger partial charge is 0.497 e. The summed E-state index contributed by atoms with van der Waals surface area (Å²) < 4.78 is 34.4. The summed E-state index contributed by atoms with van der Waals surface area (Å²) in [4.78, 5) is 13.4. The molecule has 1 aromatic heterocycles. The highest BCUT2D eigenvalue weighted by Crippen LogP contribution is 2.27. The van der Waals surface area contributed by atoms with Crippen molar-refractivity contribution < 1.29 is 33.2 Å². The average molecular weight is 605 g/mol. The van der Waals surface area contributed by atoms with Crippen molar-refractivity contribution in [1.82, 2.24) is 9.78 Å². The Labute approximate surface area is 257 Å². The molecule has 0 bridgehead atoms. The van der Waals surface area contributed by atoms with Crippen molar-refractivity contribution in [1.29, 1.82) is 0 Å². The van der Waals surface area contributed by atoms with Gasteiger partial charge >= 0.3 is 0 Å². The second kappa shape index (κ2) is 18.4. The van der Waals surface area contributed by atoms with E-state index in [1.54, 1.807) is 42.3 Å². The van der Waals surface area contributed by atoms with Gasteiger partial charge in [0.25, 0.3) is 5.91 Å². The van der Waals surface area contributed by atoms with E-state index in [-0.39, 0.29) is 5.91 Å². The van der Waals surface area contributed by atoms with Crippen molar-refractivity contribution in [2.75, 3.05) is 78.4 Å². The van der Waals surface area contributed by atoms with Crippen molar-refractivity contribution in [3.8, 4) is 28.4 Å². The van der Waals surface area contributed by atoms with Gasteiger partial charge in [-0.05, 0) is 60.7 Å². The molecule has 234 valence electrons. The molecule has 0 fully saturated rings. The second-order valence-electron chi connectivity index (χ2n) is 9.47. The van der Waals surface area contributed by atoms with Crippen molar-refractivity contribution >= 4 is 11.6 Å². The van der Waals surface area contributed by atoms with Gasteiger partial charge in [0, 0.05) is 24.0 Å². The molecular weight excluding hydrogens is 564 g/mol. The molecule has 4 aromatic rings. The normalized spacial score (nSPS) is 11.0. The first kappa shape index (κ1) is 32.6. The Hall–Kier alpha value is -4.26. The fourth-order valence-corrected chi connectivity index (χ4v) is 4.11. The van der Waals surface area contributed by atoms with Gasteiger partial charge < -0.3 is 39.5 Å². The molecule has 0 atom stereocenters. The predicted octanol–water partition coefficient (Wildman–Crippen LogP) is 4.20. The van der Waals surface area contributed by atoms with E-state index in [4.69, 9.17) is 39.3 Å². The summed E-state index contributed by atoms with van der Waals surface area (Å²) >= 11 is 0. The van der Waals surface area contributed by atoms with Crippen LogP contribution in [0.25, 0.3) is 16.9 Å². The topological polar surface area (TPSA) is 128 Å². The van der Waals surface area contributed by atoms with Crippen LogP contribution in [0.3, 0.4) is 0 Å². The number of nitrogens with one attached hydrogen (secondary N) is 1. The fraction of sp³-hybridized carbons (Fsp3) is 0.333. The Balaban J connectivity index is 1.21. The molecule has 11 nitrogen and oxygen atoms in total. The van der Waals surface area contributed by atoms with E-state index < -0.39 is 0 Å². The number of anilines is 1. The number of amides is 1. The van der Waals surface area contributed by atoms with Crippen LogP contribution in [0.15, 0.2) is 85.1 Å². The maximum absolute atomic E-state index is 13.4. The minimum absolute atomic E-state index is 0.273. The van der Waals surface area contributed by atoms with E-state index >= 15 is 0 Å². The quantitative estimate of drug-likeness (QED) is 0.143. The molecule has 4 rings (SSSR count). The number of nitrogens with two attached hydrogens (primary N) is 1. The van der Waals surface area contributed by atoms with Gasteiger partial charge in [-0.2, -0.15) is 5.10 Å². The Kier molecular flexibility index (Phi) is 13.7. The third-order valence-corrected chi connectivity index (χ3v) is 6.33. The van der Waals surface area contributed by atoms with Gasteiger partial charge in [0.15, 0.2) is 0 Å². The number of para-hydroxylation sites is 1. The molecular formula is C33H40N4O7. The number of benzene rings is 3. The molecule has 0 saturated heterocycles. The van der Waals surface area contributed by atoms with Gasteiger partial charge in [0.1, 0.15) is 23.8 Å². The number of hydrogen-bond donors (Lipinski definition) is 2. The standard InChI is InChI=1S/C33H40N4O7/c1-39-29-11-7-26(8-12-29)32-31(25-37(36-32)28-5-3-2-4-6-28)33(38)35-27-9-13-30(14-10-27)44-24-23-43-22-21-42-20-19-41-18-17-40-16-15-34/h2-14,25H,15-24,34H2,1H3,(H,35,38). The van der Waals surface area contributed by atoms with Crippen LogP contribution < -0.4 is 20.5 Å². The van der Waals surface area contributed by atoms with Gasteiger partial charge in [-0.3, -0.25) is 4.79 Å². The van der Waals surface area contributed by atoms with E-state index in [9.17, 15) is 4.79 Å². The molecule has 3 aromatic carbocycles. The zero-order chi connectivity index (χ0) is 30.8. The lowest BCUT2D eigenvalue weighted by atomic mass is 10.1. The Morgan fingerprint density at radius 2 is 1.30 bits per heavy atom. The molecule has 1 heterocycles. The molecule has 0 saturated carbocycles. The van der Waals surface area contributed by atoms with Crippen LogP contribution in [-0.2, 0) is 18.9 Å². The van der Waals surface area contributed by atoms with Crippen LogP contribution in [0.4, 0.5) is 5.69 Å². The van der Waals surface area contributed by atoms with Gasteiger partial charge in [0.2, 0.25) is 0 Å². The second-order valence-corrected chi connectivity index (χ2v) is 9.47. The molecule has 0 spiro atoms. The predicted molar refractivity (Wildman–Crippen MR) is 168 cm³/mol. The zero-order valence-corrected chi connectivity index (χ0v) is 25.0. The summed E-state index contributed by atoms with van der Waals surface area (Å²) in [5, 5.41) is 7.71. The summed E-state index contributed by atoms with van der Waals surface area (Å²) in [5.41, 5.74) is 8.65. The van der Waals surface area contributed by atoms with E-state index in [2.05, 4.69) is 5.32 Å². The van der Waals surface area contributed by atoms with Gasteiger partial charge in [0.05, 0.1) is 71.2 Å². The van der Waals surface area contributed by atoms with Gasteiger partial charge in [-0.1, -0.05) is 18.2 Å². The maximum atomic E-state index is 13.4. The average Bonchev–Trinajstić information content (AvgIpc) is 3.52.